The van der Waals surface area contributed by atoms with Crippen molar-refractivity contribution in [3.8, 4) is 11.1 Å². The van der Waals surface area contributed by atoms with Crippen LogP contribution in [0.3, 0.4) is 0 Å². The third kappa shape index (κ3) is 3.76. The first kappa shape index (κ1) is 19.3. The minimum atomic E-state index is -3.43. The van der Waals surface area contributed by atoms with Gasteiger partial charge in [0.15, 0.2) is 0 Å². The van der Waals surface area contributed by atoms with Crippen molar-refractivity contribution in [2.75, 3.05) is 13.1 Å². The van der Waals surface area contributed by atoms with E-state index in [1.807, 2.05) is 18.2 Å². The van der Waals surface area contributed by atoms with Gasteiger partial charge in [-0.2, -0.15) is 4.31 Å². The van der Waals surface area contributed by atoms with Crippen LogP contribution in [-0.2, 0) is 16.6 Å². The first-order chi connectivity index (χ1) is 14.1. The first-order valence-electron chi connectivity index (χ1n) is 11.0. The number of rotatable bonds is 6. The van der Waals surface area contributed by atoms with E-state index < -0.39 is 10.0 Å². The van der Waals surface area contributed by atoms with Gasteiger partial charge in [-0.05, 0) is 61.1 Å². The fourth-order valence-corrected chi connectivity index (χ4v) is 7.27. The van der Waals surface area contributed by atoms with Crippen LogP contribution < -0.4 is 5.32 Å². The van der Waals surface area contributed by atoms with E-state index in [0.717, 1.165) is 42.3 Å². The molecule has 1 heterocycles. The largest absolute Gasteiger partial charge is 0.310 e. The van der Waals surface area contributed by atoms with Crippen LogP contribution in [0, 0.1) is 11.8 Å². The lowest BCUT2D eigenvalue weighted by molar-refractivity contribution is 0.351. The Morgan fingerprint density at radius 1 is 0.931 bits per heavy atom. The number of nitrogens with one attached hydrogen (secondary N) is 1. The van der Waals surface area contributed by atoms with Gasteiger partial charge >= 0.3 is 0 Å². The highest BCUT2D eigenvalue weighted by Gasteiger charge is 2.39. The van der Waals surface area contributed by atoms with E-state index in [1.54, 1.807) is 10.4 Å². The van der Waals surface area contributed by atoms with Gasteiger partial charge in [-0.15, -0.1) is 0 Å². The zero-order valence-electron chi connectivity index (χ0n) is 16.9. The highest BCUT2D eigenvalue weighted by molar-refractivity contribution is 7.89. The molecule has 1 unspecified atom stereocenters. The van der Waals surface area contributed by atoms with Crippen molar-refractivity contribution in [2.24, 2.45) is 11.8 Å². The Morgan fingerprint density at radius 2 is 1.69 bits per heavy atom. The third-order valence-corrected chi connectivity index (χ3v) is 9.10. The van der Waals surface area contributed by atoms with Gasteiger partial charge < -0.3 is 5.32 Å². The summed E-state index contributed by atoms with van der Waals surface area (Å²) in [6.45, 7) is 2.15. The average Bonchev–Trinajstić information content (AvgIpc) is 3.51. The van der Waals surface area contributed by atoms with Crippen molar-refractivity contribution in [2.45, 2.75) is 56.0 Å². The Labute approximate surface area is 174 Å². The van der Waals surface area contributed by atoms with Crippen LogP contribution in [0.25, 0.3) is 11.1 Å². The molecule has 1 aliphatic heterocycles. The van der Waals surface area contributed by atoms with Crippen LogP contribution in [-0.4, -0.2) is 31.9 Å². The smallest absolute Gasteiger partial charge is 0.243 e. The molecule has 0 radical (unpaired) electrons. The lowest BCUT2D eigenvalue weighted by Gasteiger charge is -2.23. The van der Waals surface area contributed by atoms with E-state index >= 15 is 0 Å². The molecular weight excluding hydrogens is 380 g/mol. The van der Waals surface area contributed by atoms with Gasteiger partial charge in [0.2, 0.25) is 10.0 Å². The molecule has 2 bridgehead atoms. The summed E-state index contributed by atoms with van der Waals surface area (Å²) >= 11 is 0. The first-order valence-corrected chi connectivity index (χ1v) is 12.5. The lowest BCUT2D eigenvalue weighted by atomic mass is 9.95. The van der Waals surface area contributed by atoms with Crippen molar-refractivity contribution < 1.29 is 8.42 Å². The minimum absolute atomic E-state index is 0.426. The maximum atomic E-state index is 13.1. The molecular formula is C24H30N2O2S. The van der Waals surface area contributed by atoms with Gasteiger partial charge in [0.25, 0.3) is 0 Å². The number of sulfonamides is 1. The third-order valence-electron chi connectivity index (χ3n) is 7.14. The van der Waals surface area contributed by atoms with Gasteiger partial charge in [0.05, 0.1) is 4.90 Å². The monoisotopic (exact) mass is 410 g/mol. The zero-order valence-corrected chi connectivity index (χ0v) is 17.7. The molecule has 4 nitrogen and oxygen atoms in total. The normalized spacial score (nSPS) is 27.0. The van der Waals surface area contributed by atoms with Crippen LogP contribution in [0.2, 0.25) is 0 Å². The molecule has 29 heavy (non-hydrogen) atoms. The van der Waals surface area contributed by atoms with Crippen LogP contribution >= 0.6 is 0 Å². The molecule has 1 N–H and O–H groups in total. The van der Waals surface area contributed by atoms with Gasteiger partial charge in [-0.25, -0.2) is 8.42 Å². The molecule has 3 fully saturated rings. The zero-order chi connectivity index (χ0) is 19.8. The Hall–Kier alpha value is -1.69. The van der Waals surface area contributed by atoms with E-state index in [-0.39, 0.29) is 0 Å². The Balaban J connectivity index is 1.32. The van der Waals surface area contributed by atoms with E-state index in [1.165, 1.54) is 31.2 Å². The van der Waals surface area contributed by atoms with Crippen LogP contribution in [0.1, 0.15) is 44.1 Å². The van der Waals surface area contributed by atoms with Gasteiger partial charge in [0.1, 0.15) is 0 Å². The summed E-state index contributed by atoms with van der Waals surface area (Å²) in [5.74, 6) is 1.83. The van der Waals surface area contributed by atoms with Crippen LogP contribution in [0.15, 0.2) is 53.4 Å². The maximum Gasteiger partial charge on any atom is 0.243 e. The highest BCUT2D eigenvalue weighted by atomic mass is 32.2. The maximum absolute atomic E-state index is 13.1. The SMILES string of the molecule is O=S(=O)(c1ccccc1-c1ccc(CNC2C[C@H]3CC[C@@H]2C3)cc1)N1CCCC1. The standard InChI is InChI=1S/C24H30N2O2S/c27-29(28,26-13-3-4-14-26)24-6-2-1-5-22(24)20-10-7-18(8-11-20)17-25-23-16-19-9-12-21(23)15-19/h1-2,5-8,10-11,19,21,23,25H,3-4,9,12-17H2/t19-,21+,23?/m0/s1. The molecule has 2 saturated carbocycles. The average molecular weight is 411 g/mol. The number of benzene rings is 2. The predicted molar refractivity (Wildman–Crippen MR) is 116 cm³/mol. The number of hydrogen-bond acceptors (Lipinski definition) is 3. The summed E-state index contributed by atoms with van der Waals surface area (Å²) in [7, 11) is -3.43. The molecule has 0 amide bonds. The second kappa shape index (κ2) is 7.86. The van der Waals surface area contributed by atoms with Crippen LogP contribution in [0.4, 0.5) is 0 Å². The van der Waals surface area contributed by atoms with Gasteiger partial charge in [-0.3, -0.25) is 0 Å². The summed E-state index contributed by atoms with van der Waals surface area (Å²) in [4.78, 5) is 0.426. The molecule has 1 saturated heterocycles. The summed E-state index contributed by atoms with van der Waals surface area (Å²) in [6, 6.07) is 16.5. The molecule has 154 valence electrons. The summed E-state index contributed by atoms with van der Waals surface area (Å²) in [5.41, 5.74) is 3.02. The van der Waals surface area contributed by atoms with Crippen molar-refractivity contribution in [3.63, 3.8) is 0 Å². The Kier molecular flexibility index (Phi) is 5.23. The molecule has 2 aromatic rings. The number of hydrogen-bond donors (Lipinski definition) is 1. The summed E-state index contributed by atoms with van der Waals surface area (Å²) in [5, 5.41) is 3.76. The van der Waals surface area contributed by atoms with Crippen molar-refractivity contribution >= 4 is 10.0 Å². The molecule has 3 aliphatic rings. The second-order valence-electron chi connectivity index (χ2n) is 8.97. The summed E-state index contributed by atoms with van der Waals surface area (Å²) in [6.07, 6.45) is 7.47. The lowest BCUT2D eigenvalue weighted by Crippen LogP contribution is -2.33. The highest BCUT2D eigenvalue weighted by Crippen LogP contribution is 2.44. The molecule has 0 aromatic heterocycles. The Bertz CT molecular complexity index is 965. The molecule has 2 aliphatic carbocycles. The second-order valence-corrected chi connectivity index (χ2v) is 10.9. The number of fused-ring (bicyclic) bond motifs is 2. The van der Waals surface area contributed by atoms with E-state index in [4.69, 9.17) is 0 Å². The molecule has 3 atom stereocenters. The van der Waals surface area contributed by atoms with Crippen LogP contribution in [0.5, 0.6) is 0 Å². The van der Waals surface area contributed by atoms with Gasteiger partial charge in [-0.1, -0.05) is 48.9 Å². The summed E-state index contributed by atoms with van der Waals surface area (Å²) < 4.78 is 27.9. The molecule has 0 spiro atoms. The van der Waals surface area contributed by atoms with Crippen molar-refractivity contribution in [1.82, 2.24) is 9.62 Å². The fraction of sp³-hybridized carbons (Fsp3) is 0.500. The van der Waals surface area contributed by atoms with Crippen molar-refractivity contribution in [3.05, 3.63) is 54.1 Å². The number of nitrogens with zero attached hydrogens (tertiary/aromatic N) is 1. The molecule has 5 heteroatoms. The van der Waals surface area contributed by atoms with Gasteiger partial charge in [0, 0.05) is 31.2 Å². The molecule has 2 aromatic carbocycles. The predicted octanol–water partition coefficient (Wildman–Crippen LogP) is 4.42. The minimum Gasteiger partial charge on any atom is -0.310 e. The van der Waals surface area contributed by atoms with E-state index in [0.29, 0.717) is 24.0 Å². The molecule has 5 rings (SSSR count). The Morgan fingerprint density at radius 3 is 2.38 bits per heavy atom. The van der Waals surface area contributed by atoms with E-state index in [2.05, 4.69) is 29.6 Å². The topological polar surface area (TPSA) is 49.4 Å². The van der Waals surface area contributed by atoms with Crippen molar-refractivity contribution in [1.29, 1.82) is 0 Å². The fourth-order valence-electron chi connectivity index (χ4n) is 5.54. The quantitative estimate of drug-likeness (QED) is 0.767. The van der Waals surface area contributed by atoms with E-state index in [9.17, 15) is 8.42 Å².